The number of hydrogen-bond acceptors (Lipinski definition) is 2. The number of amides is 1. The third-order valence-corrected chi connectivity index (χ3v) is 6.81. The molecule has 1 aliphatic carbocycles. The first-order valence-electron chi connectivity index (χ1n) is 10.8. The number of carbonyl (C=O) groups excluding carboxylic acids is 1. The van der Waals surface area contributed by atoms with Gasteiger partial charge < -0.3 is 4.90 Å². The molecule has 0 saturated carbocycles. The van der Waals surface area contributed by atoms with E-state index in [4.69, 9.17) is 0 Å². The first-order valence-corrected chi connectivity index (χ1v) is 10.8. The summed E-state index contributed by atoms with van der Waals surface area (Å²) in [4.78, 5) is 18.0. The predicted octanol–water partition coefficient (Wildman–Crippen LogP) is 4.60. The summed E-state index contributed by atoms with van der Waals surface area (Å²) in [5.74, 6) is 0.201. The Balaban J connectivity index is 1.44. The average molecular weight is 385 g/mol. The largest absolute Gasteiger partial charge is 0.337 e. The third kappa shape index (κ3) is 3.34. The Morgan fingerprint density at radius 1 is 0.966 bits per heavy atom. The van der Waals surface area contributed by atoms with Crippen molar-refractivity contribution in [2.24, 2.45) is 0 Å². The van der Waals surface area contributed by atoms with Gasteiger partial charge in [0.1, 0.15) is 0 Å². The van der Waals surface area contributed by atoms with Crippen LogP contribution in [0.15, 0.2) is 66.7 Å². The van der Waals surface area contributed by atoms with Crippen LogP contribution in [0.5, 0.6) is 0 Å². The van der Waals surface area contributed by atoms with E-state index in [1.54, 1.807) is 0 Å². The van der Waals surface area contributed by atoms with Crippen LogP contribution in [-0.2, 0) is 17.6 Å². The molecular formula is C26H28N2O. The highest BCUT2D eigenvalue weighted by Crippen LogP contribution is 2.39. The lowest BCUT2D eigenvalue weighted by Crippen LogP contribution is -2.44. The maximum atomic E-state index is 13.4. The first kappa shape index (κ1) is 18.4. The van der Waals surface area contributed by atoms with Crippen molar-refractivity contribution in [3.8, 4) is 0 Å². The van der Waals surface area contributed by atoms with Gasteiger partial charge in [0.25, 0.3) is 0 Å². The highest BCUT2D eigenvalue weighted by molar-refractivity contribution is 5.90. The van der Waals surface area contributed by atoms with Gasteiger partial charge in [-0.05, 0) is 59.8 Å². The Bertz CT molecular complexity index is 1030. The number of nitrogens with zero attached hydrogens (tertiary/aromatic N) is 2. The van der Waals surface area contributed by atoms with Gasteiger partial charge in [0, 0.05) is 13.1 Å². The van der Waals surface area contributed by atoms with Gasteiger partial charge >= 0.3 is 0 Å². The zero-order chi connectivity index (χ0) is 19.8. The fourth-order valence-electron chi connectivity index (χ4n) is 5.31. The molecule has 0 N–H and O–H groups in total. The number of likely N-dealkylation sites (N-methyl/N-ethyl adjacent to an activating group) is 1. The molecular weight excluding hydrogens is 356 g/mol. The van der Waals surface area contributed by atoms with Crippen LogP contribution in [0.2, 0.25) is 0 Å². The summed E-state index contributed by atoms with van der Waals surface area (Å²) >= 11 is 0. The standard InChI is InChI=1S/C26H28N2O/c1-27(25(29)18-21-12-8-11-19-9-2-4-13-22(19)21)26-23-14-5-3-10-20(23)17-24(26)28-15-6-7-16-28/h2-5,8-14,24,26H,6-7,15-18H2,1H3/t24-,26-/m1/s1. The molecule has 3 aromatic carbocycles. The normalized spacial score (nSPS) is 21.4. The van der Waals surface area contributed by atoms with Gasteiger partial charge in [0.15, 0.2) is 0 Å². The number of hydrogen-bond donors (Lipinski definition) is 0. The molecule has 2 aliphatic rings. The molecule has 2 atom stereocenters. The zero-order valence-electron chi connectivity index (χ0n) is 17.1. The first-order chi connectivity index (χ1) is 14.2. The summed E-state index contributed by atoms with van der Waals surface area (Å²) < 4.78 is 0. The molecule has 1 fully saturated rings. The Morgan fingerprint density at radius 3 is 2.55 bits per heavy atom. The number of rotatable bonds is 4. The second-order valence-electron chi connectivity index (χ2n) is 8.48. The Kier molecular flexibility index (Phi) is 4.84. The quantitative estimate of drug-likeness (QED) is 0.656. The molecule has 3 heteroatoms. The summed E-state index contributed by atoms with van der Waals surface area (Å²) in [7, 11) is 2.00. The van der Waals surface area contributed by atoms with Crippen LogP contribution in [0.1, 0.15) is 35.6 Å². The molecule has 0 radical (unpaired) electrons. The number of benzene rings is 3. The molecule has 5 rings (SSSR count). The highest BCUT2D eigenvalue weighted by Gasteiger charge is 2.40. The summed E-state index contributed by atoms with van der Waals surface area (Å²) in [6.45, 7) is 2.31. The van der Waals surface area contributed by atoms with Crippen LogP contribution in [0, 0.1) is 0 Å². The average Bonchev–Trinajstić information content (AvgIpc) is 3.41. The van der Waals surface area contributed by atoms with E-state index in [1.165, 1.54) is 34.7 Å². The molecule has 3 aromatic rings. The second-order valence-corrected chi connectivity index (χ2v) is 8.48. The van der Waals surface area contributed by atoms with Crippen molar-refractivity contribution >= 4 is 16.7 Å². The van der Waals surface area contributed by atoms with E-state index >= 15 is 0 Å². The second kappa shape index (κ2) is 7.64. The van der Waals surface area contributed by atoms with E-state index in [1.807, 2.05) is 11.9 Å². The molecule has 0 bridgehead atoms. The molecule has 148 valence electrons. The summed E-state index contributed by atoms with van der Waals surface area (Å²) in [5.41, 5.74) is 3.85. The molecule has 29 heavy (non-hydrogen) atoms. The zero-order valence-corrected chi connectivity index (χ0v) is 17.1. The van der Waals surface area contributed by atoms with Crippen molar-refractivity contribution in [2.75, 3.05) is 20.1 Å². The maximum absolute atomic E-state index is 13.4. The minimum absolute atomic E-state index is 0.145. The molecule has 0 aromatic heterocycles. The Hall–Kier alpha value is -2.65. The van der Waals surface area contributed by atoms with E-state index in [0.717, 1.165) is 25.1 Å². The van der Waals surface area contributed by atoms with Gasteiger partial charge in [-0.3, -0.25) is 9.69 Å². The lowest BCUT2D eigenvalue weighted by atomic mass is 10.00. The van der Waals surface area contributed by atoms with Gasteiger partial charge in [-0.1, -0.05) is 66.7 Å². The number of likely N-dealkylation sites (tertiary alicyclic amines) is 1. The highest BCUT2D eigenvalue weighted by atomic mass is 16.2. The fourth-order valence-corrected chi connectivity index (χ4v) is 5.31. The van der Waals surface area contributed by atoms with Gasteiger partial charge in [-0.15, -0.1) is 0 Å². The molecule has 1 aliphatic heterocycles. The molecule has 3 nitrogen and oxygen atoms in total. The predicted molar refractivity (Wildman–Crippen MR) is 118 cm³/mol. The minimum Gasteiger partial charge on any atom is -0.337 e. The van der Waals surface area contributed by atoms with E-state index < -0.39 is 0 Å². The van der Waals surface area contributed by atoms with Crippen LogP contribution in [-0.4, -0.2) is 41.9 Å². The van der Waals surface area contributed by atoms with Crippen molar-refractivity contribution in [3.05, 3.63) is 83.4 Å². The minimum atomic E-state index is 0.145. The topological polar surface area (TPSA) is 23.6 Å². The smallest absolute Gasteiger partial charge is 0.227 e. The summed E-state index contributed by atoms with van der Waals surface area (Å²) in [5, 5.41) is 2.38. The van der Waals surface area contributed by atoms with Gasteiger partial charge in [-0.25, -0.2) is 0 Å². The lowest BCUT2D eigenvalue weighted by Gasteiger charge is -2.35. The van der Waals surface area contributed by atoms with Crippen molar-refractivity contribution in [1.82, 2.24) is 9.80 Å². The molecule has 1 amide bonds. The van der Waals surface area contributed by atoms with E-state index in [2.05, 4.69) is 71.6 Å². The molecule has 0 unspecified atom stereocenters. The molecule has 1 saturated heterocycles. The van der Waals surface area contributed by atoms with Crippen LogP contribution >= 0.6 is 0 Å². The Labute approximate surface area is 172 Å². The van der Waals surface area contributed by atoms with Crippen LogP contribution in [0.3, 0.4) is 0 Å². The van der Waals surface area contributed by atoms with E-state index in [9.17, 15) is 4.79 Å². The van der Waals surface area contributed by atoms with Crippen molar-refractivity contribution in [1.29, 1.82) is 0 Å². The Morgan fingerprint density at radius 2 is 1.69 bits per heavy atom. The third-order valence-electron chi connectivity index (χ3n) is 6.81. The van der Waals surface area contributed by atoms with Crippen molar-refractivity contribution in [3.63, 3.8) is 0 Å². The summed E-state index contributed by atoms with van der Waals surface area (Å²) in [6, 6.07) is 23.8. The molecule has 0 spiro atoms. The molecule has 1 heterocycles. The van der Waals surface area contributed by atoms with Crippen molar-refractivity contribution in [2.45, 2.75) is 37.8 Å². The van der Waals surface area contributed by atoms with Crippen LogP contribution < -0.4 is 0 Å². The monoisotopic (exact) mass is 384 g/mol. The lowest BCUT2D eigenvalue weighted by molar-refractivity contribution is -0.132. The van der Waals surface area contributed by atoms with Crippen LogP contribution in [0.25, 0.3) is 10.8 Å². The van der Waals surface area contributed by atoms with Gasteiger partial charge in [-0.2, -0.15) is 0 Å². The summed E-state index contributed by atoms with van der Waals surface area (Å²) in [6.07, 6.45) is 4.04. The number of fused-ring (bicyclic) bond motifs is 2. The van der Waals surface area contributed by atoms with Crippen molar-refractivity contribution < 1.29 is 4.79 Å². The van der Waals surface area contributed by atoms with E-state index in [0.29, 0.717) is 12.5 Å². The fraction of sp³-hybridized carbons (Fsp3) is 0.346. The van der Waals surface area contributed by atoms with E-state index in [-0.39, 0.29) is 11.9 Å². The SMILES string of the molecule is CN(C(=O)Cc1cccc2ccccc12)[C@@H]1c2ccccc2C[C@H]1N1CCCC1. The van der Waals surface area contributed by atoms with Gasteiger partial charge in [0.05, 0.1) is 12.5 Å². The number of carbonyl (C=O) groups is 1. The maximum Gasteiger partial charge on any atom is 0.227 e. The van der Waals surface area contributed by atoms with Crippen LogP contribution in [0.4, 0.5) is 0 Å². The van der Waals surface area contributed by atoms with Gasteiger partial charge in [0.2, 0.25) is 5.91 Å².